The summed E-state index contributed by atoms with van der Waals surface area (Å²) in [6, 6.07) is 6.03. The molecule has 106 valence electrons. The molecule has 19 heavy (non-hydrogen) atoms. The van der Waals surface area contributed by atoms with E-state index in [4.69, 9.17) is 15.2 Å². The summed E-state index contributed by atoms with van der Waals surface area (Å²) in [5.74, 6) is 1.52. The Kier molecular flexibility index (Phi) is 5.25. The molecule has 0 spiro atoms. The molecule has 0 heterocycles. The molecule has 0 aliphatic heterocycles. The second-order valence-corrected chi connectivity index (χ2v) is 5.94. The average molecular weight is 328 g/mol. The number of nitrogens with two attached hydrogens (primary N) is 1. The highest BCUT2D eigenvalue weighted by molar-refractivity contribution is 9.10. The first-order valence-electron chi connectivity index (χ1n) is 6.85. The lowest BCUT2D eigenvalue weighted by atomic mass is 9.99. The second kappa shape index (κ2) is 6.73. The molecule has 0 aromatic heterocycles. The molecule has 2 atom stereocenters. The Bertz CT molecular complexity index is 421. The predicted molar refractivity (Wildman–Crippen MR) is 80.5 cm³/mol. The van der Waals surface area contributed by atoms with E-state index in [9.17, 15) is 0 Å². The third-order valence-electron chi connectivity index (χ3n) is 3.58. The van der Waals surface area contributed by atoms with Crippen molar-refractivity contribution in [3.63, 3.8) is 0 Å². The summed E-state index contributed by atoms with van der Waals surface area (Å²) >= 11 is 3.58. The van der Waals surface area contributed by atoms with Gasteiger partial charge in [-0.25, -0.2) is 0 Å². The summed E-state index contributed by atoms with van der Waals surface area (Å²) in [5.41, 5.74) is 7.53. The van der Waals surface area contributed by atoms with Gasteiger partial charge in [0.2, 0.25) is 0 Å². The number of methoxy groups -OCH3 is 1. The lowest BCUT2D eigenvalue weighted by Crippen LogP contribution is -2.40. The van der Waals surface area contributed by atoms with E-state index < -0.39 is 0 Å². The molecule has 1 saturated carbocycles. The van der Waals surface area contributed by atoms with Gasteiger partial charge in [0.15, 0.2) is 0 Å². The highest BCUT2D eigenvalue weighted by Gasteiger charge is 2.35. The Balaban J connectivity index is 2.06. The van der Waals surface area contributed by atoms with Crippen LogP contribution in [0.5, 0.6) is 5.75 Å². The van der Waals surface area contributed by atoms with Gasteiger partial charge in [0, 0.05) is 17.1 Å². The third kappa shape index (κ3) is 3.94. The fraction of sp³-hybridized carbons (Fsp3) is 0.600. The van der Waals surface area contributed by atoms with Gasteiger partial charge in [-0.1, -0.05) is 15.9 Å². The van der Waals surface area contributed by atoms with Crippen molar-refractivity contribution in [2.45, 2.75) is 38.3 Å². The normalized spacial score (nSPS) is 18.1. The molecule has 3 nitrogen and oxygen atoms in total. The minimum absolute atomic E-state index is 0.0378. The maximum atomic E-state index is 6.35. The first-order valence-corrected chi connectivity index (χ1v) is 7.64. The molecule has 1 fully saturated rings. The molecule has 0 saturated heterocycles. The van der Waals surface area contributed by atoms with E-state index in [2.05, 4.69) is 15.9 Å². The molecule has 2 rings (SSSR count). The molecular weight excluding hydrogens is 306 g/mol. The van der Waals surface area contributed by atoms with E-state index in [1.165, 1.54) is 18.4 Å². The van der Waals surface area contributed by atoms with E-state index in [-0.39, 0.29) is 12.1 Å². The van der Waals surface area contributed by atoms with Gasteiger partial charge in [-0.05, 0) is 55.9 Å². The van der Waals surface area contributed by atoms with E-state index in [0.29, 0.717) is 5.92 Å². The van der Waals surface area contributed by atoms with Gasteiger partial charge >= 0.3 is 0 Å². The van der Waals surface area contributed by atoms with Crippen molar-refractivity contribution in [1.82, 2.24) is 0 Å². The summed E-state index contributed by atoms with van der Waals surface area (Å²) < 4.78 is 12.2. The van der Waals surface area contributed by atoms with Crippen molar-refractivity contribution in [3.8, 4) is 5.75 Å². The lowest BCUT2D eigenvalue weighted by Gasteiger charge is -2.24. The van der Waals surface area contributed by atoms with Crippen LogP contribution in [0.2, 0.25) is 0 Å². The van der Waals surface area contributed by atoms with Crippen LogP contribution in [0.15, 0.2) is 22.7 Å². The zero-order valence-electron chi connectivity index (χ0n) is 11.6. The zero-order chi connectivity index (χ0) is 13.8. The number of hydrogen-bond acceptors (Lipinski definition) is 3. The molecule has 2 unspecified atom stereocenters. The Morgan fingerprint density at radius 3 is 2.74 bits per heavy atom. The van der Waals surface area contributed by atoms with Gasteiger partial charge in [0.05, 0.1) is 13.2 Å². The average Bonchev–Trinajstić information content (AvgIpc) is 3.22. The molecule has 0 radical (unpaired) electrons. The Hall–Kier alpha value is -0.580. The van der Waals surface area contributed by atoms with Gasteiger partial charge in [-0.2, -0.15) is 0 Å². The fourth-order valence-corrected chi connectivity index (χ4v) is 2.84. The molecule has 0 bridgehead atoms. The molecule has 1 aromatic carbocycles. The molecule has 0 amide bonds. The number of benzene rings is 1. The molecule has 1 aromatic rings. The molecule has 1 aliphatic carbocycles. The maximum Gasteiger partial charge on any atom is 0.119 e. The van der Waals surface area contributed by atoms with Gasteiger partial charge in [0.25, 0.3) is 0 Å². The first kappa shape index (κ1) is 14.8. The number of rotatable bonds is 7. The van der Waals surface area contributed by atoms with Gasteiger partial charge in [-0.15, -0.1) is 0 Å². The number of halogens is 1. The van der Waals surface area contributed by atoms with Crippen molar-refractivity contribution in [1.29, 1.82) is 0 Å². The third-order valence-corrected chi connectivity index (χ3v) is 4.35. The number of ether oxygens (including phenoxy) is 2. The zero-order valence-corrected chi connectivity index (χ0v) is 13.2. The first-order chi connectivity index (χ1) is 9.15. The predicted octanol–water partition coefficient (Wildman–Crippen LogP) is 3.14. The molecule has 4 heteroatoms. The SMILES string of the molecule is CCOC(C(N)Cc1cc(OC)ccc1Br)C1CC1. The fourth-order valence-electron chi connectivity index (χ4n) is 2.43. The topological polar surface area (TPSA) is 44.5 Å². The lowest BCUT2D eigenvalue weighted by molar-refractivity contribution is 0.0287. The van der Waals surface area contributed by atoms with Crippen LogP contribution in [0.4, 0.5) is 0 Å². The molecular formula is C15H22BrNO2. The quantitative estimate of drug-likeness (QED) is 0.836. The highest BCUT2D eigenvalue weighted by atomic mass is 79.9. The standard InChI is InChI=1S/C15H22BrNO2/c1-3-19-15(10-4-5-10)14(17)9-11-8-12(18-2)6-7-13(11)16/h6-8,10,14-15H,3-5,9,17H2,1-2H3. The van der Waals surface area contributed by atoms with E-state index in [1.54, 1.807) is 7.11 Å². The van der Waals surface area contributed by atoms with Crippen LogP contribution >= 0.6 is 15.9 Å². The van der Waals surface area contributed by atoms with Crippen LogP contribution in [0, 0.1) is 5.92 Å². The van der Waals surface area contributed by atoms with Crippen molar-refractivity contribution >= 4 is 15.9 Å². The summed E-state index contributed by atoms with van der Waals surface area (Å²) in [6.07, 6.45) is 3.48. The van der Waals surface area contributed by atoms with Crippen molar-refractivity contribution in [3.05, 3.63) is 28.2 Å². The van der Waals surface area contributed by atoms with Crippen molar-refractivity contribution < 1.29 is 9.47 Å². The summed E-state index contributed by atoms with van der Waals surface area (Å²) in [5, 5.41) is 0. The Morgan fingerprint density at radius 2 is 2.16 bits per heavy atom. The van der Waals surface area contributed by atoms with Gasteiger partial charge in [0.1, 0.15) is 5.75 Å². The largest absolute Gasteiger partial charge is 0.497 e. The Morgan fingerprint density at radius 1 is 1.42 bits per heavy atom. The smallest absolute Gasteiger partial charge is 0.119 e. The van der Waals surface area contributed by atoms with Gasteiger partial charge < -0.3 is 15.2 Å². The summed E-state index contributed by atoms with van der Waals surface area (Å²) in [6.45, 7) is 2.76. The Labute approximate surface area is 123 Å². The van der Waals surface area contributed by atoms with E-state index >= 15 is 0 Å². The van der Waals surface area contributed by atoms with Crippen LogP contribution in [-0.2, 0) is 11.2 Å². The molecule has 1 aliphatic rings. The second-order valence-electron chi connectivity index (χ2n) is 5.08. The van der Waals surface area contributed by atoms with E-state index in [1.807, 2.05) is 25.1 Å². The van der Waals surface area contributed by atoms with Crippen LogP contribution in [-0.4, -0.2) is 25.9 Å². The summed E-state index contributed by atoms with van der Waals surface area (Å²) in [4.78, 5) is 0. The van der Waals surface area contributed by atoms with Crippen LogP contribution < -0.4 is 10.5 Å². The van der Waals surface area contributed by atoms with Crippen LogP contribution in [0.3, 0.4) is 0 Å². The highest BCUT2D eigenvalue weighted by Crippen LogP contribution is 2.36. The summed E-state index contributed by atoms with van der Waals surface area (Å²) in [7, 11) is 1.68. The van der Waals surface area contributed by atoms with Crippen LogP contribution in [0.25, 0.3) is 0 Å². The van der Waals surface area contributed by atoms with Crippen molar-refractivity contribution in [2.75, 3.05) is 13.7 Å². The van der Waals surface area contributed by atoms with E-state index in [0.717, 1.165) is 23.2 Å². The van der Waals surface area contributed by atoms with Crippen molar-refractivity contribution in [2.24, 2.45) is 11.7 Å². The van der Waals surface area contributed by atoms with Crippen LogP contribution in [0.1, 0.15) is 25.3 Å². The minimum Gasteiger partial charge on any atom is -0.497 e. The van der Waals surface area contributed by atoms with Gasteiger partial charge in [-0.3, -0.25) is 0 Å². The monoisotopic (exact) mass is 327 g/mol. The number of hydrogen-bond donors (Lipinski definition) is 1. The molecule has 2 N–H and O–H groups in total. The maximum absolute atomic E-state index is 6.35. The minimum atomic E-state index is 0.0378.